The molecule has 2 aromatic carbocycles. The van der Waals surface area contributed by atoms with Crippen molar-refractivity contribution < 1.29 is 13.2 Å². The summed E-state index contributed by atoms with van der Waals surface area (Å²) < 4.78 is 32.2. The van der Waals surface area contributed by atoms with E-state index in [1.807, 2.05) is 39.0 Å². The monoisotopic (exact) mass is 319 g/mol. The molecule has 4 nitrogen and oxygen atoms in total. The second kappa shape index (κ2) is 6.40. The Balaban J connectivity index is 2.47. The third-order valence-corrected chi connectivity index (χ3v) is 5.35. The Morgan fingerprint density at radius 2 is 1.55 bits per heavy atom. The molecule has 118 valence electrons. The summed E-state index contributed by atoms with van der Waals surface area (Å²) >= 11 is 0. The van der Waals surface area contributed by atoms with E-state index < -0.39 is 10.0 Å². The van der Waals surface area contributed by atoms with Crippen LogP contribution in [-0.4, -0.2) is 22.1 Å². The lowest BCUT2D eigenvalue weighted by Gasteiger charge is -2.24. The van der Waals surface area contributed by atoms with Crippen LogP contribution in [0.3, 0.4) is 0 Å². The van der Waals surface area contributed by atoms with Gasteiger partial charge in [-0.25, -0.2) is 8.42 Å². The first-order valence-electron chi connectivity index (χ1n) is 7.13. The van der Waals surface area contributed by atoms with E-state index in [0.717, 1.165) is 11.1 Å². The van der Waals surface area contributed by atoms with Gasteiger partial charge in [-0.1, -0.05) is 6.07 Å². The third kappa shape index (κ3) is 3.25. The van der Waals surface area contributed by atoms with Crippen molar-refractivity contribution >= 4 is 15.7 Å². The molecule has 0 aliphatic heterocycles. The van der Waals surface area contributed by atoms with E-state index in [0.29, 0.717) is 18.0 Å². The fraction of sp³-hybridized carbons (Fsp3) is 0.294. The van der Waals surface area contributed by atoms with Gasteiger partial charge in [-0.05, 0) is 68.3 Å². The van der Waals surface area contributed by atoms with Gasteiger partial charge >= 0.3 is 0 Å². The highest BCUT2D eigenvalue weighted by Gasteiger charge is 2.23. The zero-order chi connectivity index (χ0) is 16.3. The number of rotatable bonds is 5. The van der Waals surface area contributed by atoms with Crippen LogP contribution in [0.2, 0.25) is 0 Å². The molecule has 0 atom stereocenters. The van der Waals surface area contributed by atoms with Crippen molar-refractivity contribution in [2.24, 2.45) is 0 Å². The summed E-state index contributed by atoms with van der Waals surface area (Å²) in [6, 6.07) is 12.2. The number of sulfonamides is 1. The number of nitrogens with zero attached hydrogens (tertiary/aromatic N) is 1. The second-order valence-electron chi connectivity index (χ2n) is 5.19. The number of hydrogen-bond donors (Lipinski definition) is 0. The van der Waals surface area contributed by atoms with E-state index in [4.69, 9.17) is 4.74 Å². The van der Waals surface area contributed by atoms with Gasteiger partial charge in [0, 0.05) is 6.54 Å². The molecule has 0 aromatic heterocycles. The molecule has 0 N–H and O–H groups in total. The lowest BCUT2D eigenvalue weighted by Crippen LogP contribution is -2.30. The highest BCUT2D eigenvalue weighted by atomic mass is 32.2. The quantitative estimate of drug-likeness (QED) is 0.847. The molecule has 5 heteroatoms. The van der Waals surface area contributed by atoms with Crippen molar-refractivity contribution in [3.63, 3.8) is 0 Å². The Morgan fingerprint density at radius 1 is 1.00 bits per heavy atom. The van der Waals surface area contributed by atoms with Gasteiger partial charge < -0.3 is 4.74 Å². The standard InChI is InChI=1S/C17H21NO3S/c1-5-18(15-11-13(2)10-14(3)12-15)22(19,20)17-8-6-16(21-4)7-9-17/h6-12H,5H2,1-4H3. The fourth-order valence-electron chi connectivity index (χ4n) is 2.46. The van der Waals surface area contributed by atoms with Gasteiger partial charge in [0.05, 0.1) is 17.7 Å². The number of hydrogen-bond acceptors (Lipinski definition) is 3. The van der Waals surface area contributed by atoms with Crippen molar-refractivity contribution in [2.45, 2.75) is 25.7 Å². The zero-order valence-electron chi connectivity index (χ0n) is 13.3. The molecule has 0 unspecified atom stereocenters. The summed E-state index contributed by atoms with van der Waals surface area (Å²) in [5.74, 6) is 0.633. The Labute approximate surface area is 132 Å². The third-order valence-electron chi connectivity index (χ3n) is 3.43. The molecule has 0 fully saturated rings. The summed E-state index contributed by atoms with van der Waals surface area (Å²) in [5.41, 5.74) is 2.77. The van der Waals surface area contributed by atoms with Crippen molar-refractivity contribution in [1.82, 2.24) is 0 Å². The summed E-state index contributed by atoms with van der Waals surface area (Å²) in [6.45, 7) is 6.13. The molecule has 0 saturated carbocycles. The molecular formula is C17H21NO3S. The second-order valence-corrected chi connectivity index (χ2v) is 7.05. The zero-order valence-corrected chi connectivity index (χ0v) is 14.1. The van der Waals surface area contributed by atoms with Gasteiger partial charge in [-0.2, -0.15) is 0 Å². The minimum absolute atomic E-state index is 0.259. The molecule has 0 spiro atoms. The molecule has 0 heterocycles. The minimum Gasteiger partial charge on any atom is -0.497 e. The largest absolute Gasteiger partial charge is 0.497 e. The van der Waals surface area contributed by atoms with E-state index in [2.05, 4.69) is 0 Å². The van der Waals surface area contributed by atoms with Crippen LogP contribution in [0, 0.1) is 13.8 Å². The van der Waals surface area contributed by atoms with Gasteiger partial charge in [0.15, 0.2) is 0 Å². The van der Waals surface area contributed by atoms with Gasteiger partial charge in [-0.15, -0.1) is 0 Å². The highest BCUT2D eigenvalue weighted by molar-refractivity contribution is 7.92. The van der Waals surface area contributed by atoms with Crippen molar-refractivity contribution in [1.29, 1.82) is 0 Å². The smallest absolute Gasteiger partial charge is 0.264 e. The summed E-state index contributed by atoms with van der Waals surface area (Å²) in [5, 5.41) is 0. The molecule has 22 heavy (non-hydrogen) atoms. The Hall–Kier alpha value is -2.01. The summed E-state index contributed by atoms with van der Waals surface area (Å²) in [4.78, 5) is 0.259. The molecule has 0 bridgehead atoms. The maximum atomic E-state index is 12.9. The van der Waals surface area contributed by atoms with Crippen LogP contribution in [0.25, 0.3) is 0 Å². The summed E-state index contributed by atoms with van der Waals surface area (Å²) in [6.07, 6.45) is 0. The van der Waals surface area contributed by atoms with Gasteiger partial charge in [0.25, 0.3) is 10.0 Å². The maximum Gasteiger partial charge on any atom is 0.264 e. The average molecular weight is 319 g/mol. The van der Waals surface area contributed by atoms with Crippen molar-refractivity contribution in [2.75, 3.05) is 18.0 Å². The molecule has 0 saturated heterocycles. The van der Waals surface area contributed by atoms with Crippen molar-refractivity contribution in [3.05, 3.63) is 53.6 Å². The van der Waals surface area contributed by atoms with Gasteiger partial charge in [-0.3, -0.25) is 4.31 Å². The first-order valence-corrected chi connectivity index (χ1v) is 8.57. The number of anilines is 1. The molecule has 0 aliphatic carbocycles. The Bertz CT molecular complexity index is 732. The van der Waals surface area contributed by atoms with E-state index >= 15 is 0 Å². The topological polar surface area (TPSA) is 46.6 Å². The van der Waals surface area contributed by atoms with E-state index in [1.54, 1.807) is 31.4 Å². The van der Waals surface area contributed by atoms with Crippen LogP contribution in [-0.2, 0) is 10.0 Å². The van der Waals surface area contributed by atoms with Crippen LogP contribution >= 0.6 is 0 Å². The van der Waals surface area contributed by atoms with Crippen molar-refractivity contribution in [3.8, 4) is 5.75 Å². The molecule has 2 aromatic rings. The van der Waals surface area contributed by atoms with Crippen LogP contribution in [0.5, 0.6) is 5.75 Å². The Morgan fingerprint density at radius 3 is 2.00 bits per heavy atom. The summed E-state index contributed by atoms with van der Waals surface area (Å²) in [7, 11) is -2.03. The van der Waals surface area contributed by atoms with E-state index in [1.165, 1.54) is 4.31 Å². The van der Waals surface area contributed by atoms with E-state index in [9.17, 15) is 8.42 Å². The first-order chi connectivity index (χ1) is 10.4. The molecular weight excluding hydrogens is 298 g/mol. The molecule has 0 radical (unpaired) electrons. The number of benzene rings is 2. The number of ether oxygens (including phenoxy) is 1. The average Bonchev–Trinajstić information content (AvgIpc) is 2.46. The fourth-order valence-corrected chi connectivity index (χ4v) is 3.92. The molecule has 0 aliphatic rings. The van der Waals surface area contributed by atoms with Crippen LogP contribution in [0.15, 0.2) is 47.4 Å². The lowest BCUT2D eigenvalue weighted by atomic mass is 10.1. The predicted molar refractivity (Wildman–Crippen MR) is 89.1 cm³/mol. The highest BCUT2D eigenvalue weighted by Crippen LogP contribution is 2.26. The maximum absolute atomic E-state index is 12.9. The SMILES string of the molecule is CCN(c1cc(C)cc(C)c1)S(=O)(=O)c1ccc(OC)cc1. The number of aryl methyl sites for hydroxylation is 2. The number of methoxy groups -OCH3 is 1. The minimum atomic E-state index is -3.58. The van der Waals surface area contributed by atoms with Gasteiger partial charge in [0.2, 0.25) is 0 Å². The van der Waals surface area contributed by atoms with Crippen LogP contribution < -0.4 is 9.04 Å². The Kier molecular flexibility index (Phi) is 4.76. The van der Waals surface area contributed by atoms with Gasteiger partial charge in [0.1, 0.15) is 5.75 Å². The first kappa shape index (κ1) is 16.4. The van der Waals surface area contributed by atoms with E-state index in [-0.39, 0.29) is 4.90 Å². The predicted octanol–water partition coefficient (Wildman–Crippen LogP) is 3.53. The van der Waals surface area contributed by atoms with Crippen LogP contribution in [0.1, 0.15) is 18.1 Å². The normalized spacial score (nSPS) is 11.3. The van der Waals surface area contributed by atoms with Crippen LogP contribution in [0.4, 0.5) is 5.69 Å². The molecule has 2 rings (SSSR count). The lowest BCUT2D eigenvalue weighted by molar-refractivity contribution is 0.414. The molecule has 0 amide bonds.